The first-order valence-electron chi connectivity index (χ1n) is 7.13. The van der Waals surface area contributed by atoms with Crippen LogP contribution >= 0.6 is 0 Å². The van der Waals surface area contributed by atoms with Crippen LogP contribution in [0.2, 0.25) is 0 Å². The molecule has 0 radical (unpaired) electrons. The molecule has 0 amide bonds. The smallest absolute Gasteiger partial charge is 0.0110 e. The molecule has 0 aliphatic carbocycles. The van der Waals surface area contributed by atoms with Crippen LogP contribution < -0.4 is 5.73 Å². The van der Waals surface area contributed by atoms with Crippen LogP contribution in [-0.4, -0.2) is 55.6 Å². The van der Waals surface area contributed by atoms with E-state index in [1.54, 1.807) is 0 Å². The summed E-state index contributed by atoms with van der Waals surface area (Å²) in [6.07, 6.45) is 1.22. The van der Waals surface area contributed by atoms with E-state index in [1.807, 2.05) is 0 Å². The van der Waals surface area contributed by atoms with Crippen molar-refractivity contribution in [1.29, 1.82) is 0 Å². The van der Waals surface area contributed by atoms with Gasteiger partial charge in [-0.15, -0.1) is 0 Å². The fraction of sp³-hybridized carbons (Fsp3) is 1.00. The zero-order chi connectivity index (χ0) is 13.3. The molecule has 0 fully saturated rings. The van der Waals surface area contributed by atoms with E-state index >= 15 is 0 Å². The molecule has 0 aliphatic rings. The second-order valence-electron chi connectivity index (χ2n) is 5.67. The first kappa shape index (κ1) is 16.9. The second kappa shape index (κ2) is 8.90. The summed E-state index contributed by atoms with van der Waals surface area (Å²) in [6.45, 7) is 18.9. The summed E-state index contributed by atoms with van der Waals surface area (Å²) < 4.78 is 0. The molecule has 2 N–H and O–H groups in total. The van der Waals surface area contributed by atoms with Crippen LogP contribution in [0.3, 0.4) is 0 Å². The molecular formula is C14H33N3. The molecular weight excluding hydrogens is 210 g/mol. The fourth-order valence-electron chi connectivity index (χ4n) is 2.08. The zero-order valence-corrected chi connectivity index (χ0v) is 12.6. The summed E-state index contributed by atoms with van der Waals surface area (Å²) in [5.41, 5.74) is 6.06. The minimum atomic E-state index is 0.235. The Morgan fingerprint density at radius 2 is 1.41 bits per heavy atom. The zero-order valence-electron chi connectivity index (χ0n) is 12.6. The minimum absolute atomic E-state index is 0.235. The number of hydrogen-bond donors (Lipinski definition) is 1. The molecule has 0 aromatic heterocycles. The standard InChI is InChI=1S/C14H33N3/c1-6-9-17(13-14(4,5)12-15)11-10-16(7-2)8-3/h6-13,15H2,1-5H3. The molecule has 0 saturated heterocycles. The molecule has 0 bridgehead atoms. The van der Waals surface area contributed by atoms with E-state index in [9.17, 15) is 0 Å². The largest absolute Gasteiger partial charge is 0.330 e. The van der Waals surface area contributed by atoms with E-state index in [4.69, 9.17) is 5.73 Å². The lowest BCUT2D eigenvalue weighted by Crippen LogP contribution is -2.42. The normalized spacial score (nSPS) is 12.7. The van der Waals surface area contributed by atoms with Gasteiger partial charge in [0.25, 0.3) is 0 Å². The number of hydrogen-bond acceptors (Lipinski definition) is 3. The van der Waals surface area contributed by atoms with Crippen molar-refractivity contribution in [2.45, 2.75) is 41.0 Å². The number of nitrogens with zero attached hydrogens (tertiary/aromatic N) is 2. The molecule has 0 heterocycles. The molecule has 3 nitrogen and oxygen atoms in total. The van der Waals surface area contributed by atoms with Gasteiger partial charge in [-0.2, -0.15) is 0 Å². The Kier molecular flexibility index (Phi) is 8.83. The van der Waals surface area contributed by atoms with Crippen LogP contribution in [-0.2, 0) is 0 Å². The average molecular weight is 243 g/mol. The maximum Gasteiger partial charge on any atom is 0.0110 e. The van der Waals surface area contributed by atoms with Gasteiger partial charge >= 0.3 is 0 Å². The van der Waals surface area contributed by atoms with Gasteiger partial charge in [-0.05, 0) is 38.0 Å². The van der Waals surface area contributed by atoms with Gasteiger partial charge in [-0.3, -0.25) is 0 Å². The van der Waals surface area contributed by atoms with E-state index in [1.165, 1.54) is 26.1 Å². The lowest BCUT2D eigenvalue weighted by atomic mass is 9.93. The Bertz CT molecular complexity index is 176. The van der Waals surface area contributed by atoms with Crippen LogP contribution in [0.5, 0.6) is 0 Å². The highest BCUT2D eigenvalue weighted by Crippen LogP contribution is 2.15. The van der Waals surface area contributed by atoms with Crippen LogP contribution in [0.1, 0.15) is 41.0 Å². The lowest BCUT2D eigenvalue weighted by Gasteiger charge is -2.33. The molecule has 0 rings (SSSR count). The highest BCUT2D eigenvalue weighted by Gasteiger charge is 2.19. The highest BCUT2D eigenvalue weighted by atomic mass is 15.2. The summed E-state index contributed by atoms with van der Waals surface area (Å²) in [6, 6.07) is 0. The predicted molar refractivity (Wildman–Crippen MR) is 77.4 cm³/mol. The Morgan fingerprint density at radius 1 is 0.882 bits per heavy atom. The van der Waals surface area contributed by atoms with Gasteiger partial charge < -0.3 is 15.5 Å². The van der Waals surface area contributed by atoms with Crippen LogP contribution in [0.25, 0.3) is 0 Å². The van der Waals surface area contributed by atoms with Gasteiger partial charge in [-0.1, -0.05) is 34.6 Å². The topological polar surface area (TPSA) is 32.5 Å². The summed E-state index contributed by atoms with van der Waals surface area (Å²) in [4.78, 5) is 5.04. The second-order valence-corrected chi connectivity index (χ2v) is 5.67. The van der Waals surface area contributed by atoms with E-state index in [2.05, 4.69) is 44.4 Å². The molecule has 0 aliphatic heterocycles. The van der Waals surface area contributed by atoms with Gasteiger partial charge in [0.05, 0.1) is 0 Å². The third-order valence-corrected chi connectivity index (χ3v) is 3.37. The van der Waals surface area contributed by atoms with Crippen molar-refractivity contribution in [1.82, 2.24) is 9.80 Å². The van der Waals surface area contributed by atoms with E-state index in [0.717, 1.165) is 26.2 Å². The van der Waals surface area contributed by atoms with Crippen molar-refractivity contribution in [3.05, 3.63) is 0 Å². The van der Waals surface area contributed by atoms with Crippen molar-refractivity contribution in [2.24, 2.45) is 11.1 Å². The minimum Gasteiger partial charge on any atom is -0.330 e. The molecule has 104 valence electrons. The Balaban J connectivity index is 4.14. The van der Waals surface area contributed by atoms with Gasteiger partial charge in [0.2, 0.25) is 0 Å². The number of nitrogens with two attached hydrogens (primary N) is 1. The molecule has 3 heteroatoms. The van der Waals surface area contributed by atoms with Crippen molar-refractivity contribution >= 4 is 0 Å². The summed E-state index contributed by atoms with van der Waals surface area (Å²) in [7, 11) is 0. The Hall–Kier alpha value is -0.120. The third-order valence-electron chi connectivity index (χ3n) is 3.37. The van der Waals surface area contributed by atoms with Gasteiger partial charge in [0.1, 0.15) is 0 Å². The van der Waals surface area contributed by atoms with Crippen molar-refractivity contribution in [3.8, 4) is 0 Å². The molecule has 0 aromatic rings. The van der Waals surface area contributed by atoms with Crippen LogP contribution in [0.4, 0.5) is 0 Å². The number of likely N-dealkylation sites (N-methyl/N-ethyl adjacent to an activating group) is 1. The Labute approximate surface area is 108 Å². The summed E-state index contributed by atoms with van der Waals surface area (Å²) in [5, 5.41) is 0. The highest BCUT2D eigenvalue weighted by molar-refractivity contribution is 4.75. The first-order valence-corrected chi connectivity index (χ1v) is 7.13. The number of rotatable bonds is 10. The molecule has 0 atom stereocenters. The SMILES string of the molecule is CCCN(CCN(CC)CC)CC(C)(C)CN. The third kappa shape index (κ3) is 7.74. The maximum atomic E-state index is 5.82. The van der Waals surface area contributed by atoms with Crippen molar-refractivity contribution in [2.75, 3.05) is 45.8 Å². The molecule has 0 spiro atoms. The lowest BCUT2D eigenvalue weighted by molar-refractivity contribution is 0.159. The maximum absolute atomic E-state index is 5.82. The molecule has 0 aromatic carbocycles. The predicted octanol–water partition coefficient (Wildman–Crippen LogP) is 2.03. The molecule has 0 unspecified atom stereocenters. The molecule has 17 heavy (non-hydrogen) atoms. The van der Waals surface area contributed by atoms with Gasteiger partial charge in [0.15, 0.2) is 0 Å². The van der Waals surface area contributed by atoms with Crippen molar-refractivity contribution < 1.29 is 0 Å². The van der Waals surface area contributed by atoms with Crippen LogP contribution in [0.15, 0.2) is 0 Å². The van der Waals surface area contributed by atoms with E-state index in [0.29, 0.717) is 0 Å². The summed E-state index contributed by atoms with van der Waals surface area (Å²) in [5.74, 6) is 0. The van der Waals surface area contributed by atoms with Gasteiger partial charge in [0, 0.05) is 19.6 Å². The first-order chi connectivity index (χ1) is 7.99. The molecule has 0 saturated carbocycles. The van der Waals surface area contributed by atoms with Crippen LogP contribution in [0, 0.1) is 5.41 Å². The quantitative estimate of drug-likeness (QED) is 0.637. The summed E-state index contributed by atoms with van der Waals surface area (Å²) >= 11 is 0. The average Bonchev–Trinajstić information content (AvgIpc) is 2.30. The van der Waals surface area contributed by atoms with E-state index in [-0.39, 0.29) is 5.41 Å². The monoisotopic (exact) mass is 243 g/mol. The fourth-order valence-corrected chi connectivity index (χ4v) is 2.08. The van der Waals surface area contributed by atoms with Gasteiger partial charge in [-0.25, -0.2) is 0 Å². The van der Waals surface area contributed by atoms with E-state index < -0.39 is 0 Å². The Morgan fingerprint density at radius 3 is 1.82 bits per heavy atom. The van der Waals surface area contributed by atoms with Crippen molar-refractivity contribution in [3.63, 3.8) is 0 Å².